The van der Waals surface area contributed by atoms with Crippen molar-refractivity contribution in [2.75, 3.05) is 32.8 Å². The number of carbonyl (C=O) groups is 1. The molecule has 2 heterocycles. The van der Waals surface area contributed by atoms with Crippen LogP contribution in [0.3, 0.4) is 0 Å². The number of amides is 1. The lowest BCUT2D eigenvalue weighted by Gasteiger charge is -2.35. The smallest absolute Gasteiger partial charge is 0.410 e. The number of nitrogens with zero attached hydrogens (tertiary/aromatic N) is 1. The molecule has 0 radical (unpaired) electrons. The van der Waals surface area contributed by atoms with E-state index >= 15 is 0 Å². The zero-order valence-electron chi connectivity index (χ0n) is 13.7. The SMILES string of the molecule is CC(C)(C)OC(=O)N1CCC[C@H](NCC2CCOCC2)C1. The summed E-state index contributed by atoms with van der Waals surface area (Å²) >= 11 is 0. The summed E-state index contributed by atoms with van der Waals surface area (Å²) in [6.45, 7) is 10.1. The molecule has 0 saturated carbocycles. The first-order chi connectivity index (χ1) is 9.94. The van der Waals surface area contributed by atoms with Crippen LogP contribution in [0.4, 0.5) is 4.79 Å². The number of hydrogen-bond acceptors (Lipinski definition) is 4. The van der Waals surface area contributed by atoms with Crippen LogP contribution in [0.5, 0.6) is 0 Å². The Morgan fingerprint density at radius 2 is 2.00 bits per heavy atom. The van der Waals surface area contributed by atoms with Crippen LogP contribution in [0.15, 0.2) is 0 Å². The van der Waals surface area contributed by atoms with Crippen LogP contribution >= 0.6 is 0 Å². The molecule has 0 bridgehead atoms. The molecule has 21 heavy (non-hydrogen) atoms. The van der Waals surface area contributed by atoms with Crippen molar-refractivity contribution < 1.29 is 14.3 Å². The Balaban J connectivity index is 1.73. The lowest BCUT2D eigenvalue weighted by atomic mass is 9.99. The van der Waals surface area contributed by atoms with E-state index in [1.807, 2.05) is 25.7 Å². The molecule has 2 rings (SSSR count). The van der Waals surface area contributed by atoms with E-state index in [1.165, 1.54) is 0 Å². The van der Waals surface area contributed by atoms with Gasteiger partial charge in [-0.1, -0.05) is 0 Å². The minimum Gasteiger partial charge on any atom is -0.444 e. The van der Waals surface area contributed by atoms with Gasteiger partial charge in [0.05, 0.1) is 0 Å². The Morgan fingerprint density at radius 3 is 2.67 bits per heavy atom. The summed E-state index contributed by atoms with van der Waals surface area (Å²) in [5.74, 6) is 0.718. The van der Waals surface area contributed by atoms with Gasteiger partial charge in [0, 0.05) is 32.3 Å². The fourth-order valence-electron chi connectivity index (χ4n) is 2.92. The van der Waals surface area contributed by atoms with Gasteiger partial charge >= 0.3 is 6.09 Å². The Hall–Kier alpha value is -0.810. The number of rotatable bonds is 3. The van der Waals surface area contributed by atoms with Gasteiger partial charge in [-0.2, -0.15) is 0 Å². The average Bonchev–Trinajstić information content (AvgIpc) is 2.45. The molecular weight excluding hydrogens is 268 g/mol. The molecule has 0 aromatic carbocycles. The molecule has 1 N–H and O–H groups in total. The van der Waals surface area contributed by atoms with Crippen LogP contribution in [0.25, 0.3) is 0 Å². The number of nitrogens with one attached hydrogen (secondary N) is 1. The van der Waals surface area contributed by atoms with Crippen molar-refractivity contribution in [1.29, 1.82) is 0 Å². The fourth-order valence-corrected chi connectivity index (χ4v) is 2.92. The Morgan fingerprint density at radius 1 is 1.29 bits per heavy atom. The van der Waals surface area contributed by atoms with Crippen molar-refractivity contribution in [3.63, 3.8) is 0 Å². The standard InChI is InChI=1S/C16H30N2O3/c1-16(2,3)21-15(19)18-8-4-5-14(12-18)17-11-13-6-9-20-10-7-13/h13-14,17H,4-12H2,1-3H3/t14-/m0/s1. The zero-order valence-corrected chi connectivity index (χ0v) is 13.7. The van der Waals surface area contributed by atoms with Crippen molar-refractivity contribution in [3.05, 3.63) is 0 Å². The van der Waals surface area contributed by atoms with E-state index in [0.717, 1.165) is 64.4 Å². The van der Waals surface area contributed by atoms with E-state index in [4.69, 9.17) is 9.47 Å². The summed E-state index contributed by atoms with van der Waals surface area (Å²) in [5.41, 5.74) is -0.417. The molecule has 2 aliphatic rings. The largest absolute Gasteiger partial charge is 0.444 e. The van der Waals surface area contributed by atoms with Gasteiger partial charge in [-0.25, -0.2) is 4.79 Å². The topological polar surface area (TPSA) is 50.8 Å². The van der Waals surface area contributed by atoms with Gasteiger partial charge in [0.1, 0.15) is 5.60 Å². The van der Waals surface area contributed by atoms with Gasteiger partial charge in [0.15, 0.2) is 0 Å². The highest BCUT2D eigenvalue weighted by atomic mass is 16.6. The molecule has 5 heteroatoms. The third-order valence-electron chi connectivity index (χ3n) is 4.11. The molecule has 2 saturated heterocycles. The van der Waals surface area contributed by atoms with E-state index < -0.39 is 5.60 Å². The maximum absolute atomic E-state index is 12.1. The molecule has 0 unspecified atom stereocenters. The second-order valence-corrected chi connectivity index (χ2v) is 7.23. The number of ether oxygens (including phenoxy) is 2. The lowest BCUT2D eigenvalue weighted by Crippen LogP contribution is -2.50. The van der Waals surface area contributed by atoms with Gasteiger partial charge in [-0.15, -0.1) is 0 Å². The zero-order chi connectivity index (χ0) is 15.3. The second-order valence-electron chi connectivity index (χ2n) is 7.23. The summed E-state index contributed by atoms with van der Waals surface area (Å²) in [6, 6.07) is 0.397. The summed E-state index contributed by atoms with van der Waals surface area (Å²) < 4.78 is 10.9. The first-order valence-corrected chi connectivity index (χ1v) is 8.23. The highest BCUT2D eigenvalue weighted by molar-refractivity contribution is 5.68. The summed E-state index contributed by atoms with van der Waals surface area (Å²) in [4.78, 5) is 14.0. The van der Waals surface area contributed by atoms with E-state index in [-0.39, 0.29) is 6.09 Å². The molecule has 0 spiro atoms. The van der Waals surface area contributed by atoms with Crippen molar-refractivity contribution in [2.45, 2.75) is 58.1 Å². The number of likely N-dealkylation sites (tertiary alicyclic amines) is 1. The quantitative estimate of drug-likeness (QED) is 0.869. The van der Waals surface area contributed by atoms with Crippen LogP contribution in [-0.4, -0.2) is 55.5 Å². The Labute approximate surface area is 128 Å². The van der Waals surface area contributed by atoms with E-state index in [2.05, 4.69) is 5.32 Å². The number of carbonyl (C=O) groups excluding carboxylic acids is 1. The number of piperidine rings is 1. The molecule has 1 atom stereocenters. The Kier molecular flexibility index (Phi) is 5.88. The van der Waals surface area contributed by atoms with Crippen LogP contribution in [0.2, 0.25) is 0 Å². The first kappa shape index (κ1) is 16.6. The predicted octanol–water partition coefficient (Wildman–Crippen LogP) is 2.40. The summed E-state index contributed by atoms with van der Waals surface area (Å²) in [6.07, 6.45) is 4.30. The van der Waals surface area contributed by atoms with E-state index in [1.54, 1.807) is 0 Å². The van der Waals surface area contributed by atoms with Crippen molar-refractivity contribution in [2.24, 2.45) is 5.92 Å². The third kappa shape index (κ3) is 5.83. The average molecular weight is 298 g/mol. The minimum atomic E-state index is -0.417. The molecule has 2 aliphatic heterocycles. The normalized spacial score (nSPS) is 24.9. The highest BCUT2D eigenvalue weighted by Gasteiger charge is 2.27. The summed E-state index contributed by atoms with van der Waals surface area (Å²) in [7, 11) is 0. The van der Waals surface area contributed by atoms with Gasteiger partial charge < -0.3 is 19.7 Å². The predicted molar refractivity (Wildman–Crippen MR) is 82.4 cm³/mol. The van der Waals surface area contributed by atoms with Crippen LogP contribution in [-0.2, 0) is 9.47 Å². The molecule has 1 amide bonds. The fraction of sp³-hybridized carbons (Fsp3) is 0.938. The van der Waals surface area contributed by atoms with Crippen molar-refractivity contribution in [1.82, 2.24) is 10.2 Å². The molecule has 0 aromatic rings. The second kappa shape index (κ2) is 7.45. The Bertz CT molecular complexity index is 335. The molecule has 0 aromatic heterocycles. The third-order valence-corrected chi connectivity index (χ3v) is 4.11. The monoisotopic (exact) mass is 298 g/mol. The molecule has 2 fully saturated rings. The minimum absolute atomic E-state index is 0.180. The van der Waals surface area contributed by atoms with Crippen LogP contribution < -0.4 is 5.32 Å². The van der Waals surface area contributed by atoms with Gasteiger partial charge in [-0.05, 0) is 58.9 Å². The maximum atomic E-state index is 12.1. The highest BCUT2D eigenvalue weighted by Crippen LogP contribution is 2.17. The van der Waals surface area contributed by atoms with E-state index in [0.29, 0.717) is 6.04 Å². The summed E-state index contributed by atoms with van der Waals surface area (Å²) in [5, 5.41) is 3.63. The van der Waals surface area contributed by atoms with Gasteiger partial charge in [0.2, 0.25) is 0 Å². The molecule has 0 aliphatic carbocycles. The maximum Gasteiger partial charge on any atom is 0.410 e. The first-order valence-electron chi connectivity index (χ1n) is 8.23. The van der Waals surface area contributed by atoms with Crippen LogP contribution in [0.1, 0.15) is 46.5 Å². The lowest BCUT2D eigenvalue weighted by molar-refractivity contribution is 0.0181. The number of hydrogen-bond donors (Lipinski definition) is 1. The van der Waals surface area contributed by atoms with Crippen LogP contribution in [0, 0.1) is 5.92 Å². The van der Waals surface area contributed by atoms with Gasteiger partial charge in [-0.3, -0.25) is 0 Å². The molecule has 5 nitrogen and oxygen atoms in total. The molecular formula is C16H30N2O3. The van der Waals surface area contributed by atoms with Crippen molar-refractivity contribution in [3.8, 4) is 0 Å². The van der Waals surface area contributed by atoms with E-state index in [9.17, 15) is 4.79 Å². The van der Waals surface area contributed by atoms with Gasteiger partial charge in [0.25, 0.3) is 0 Å². The molecule has 122 valence electrons. The van der Waals surface area contributed by atoms with Crippen molar-refractivity contribution >= 4 is 6.09 Å².